The summed E-state index contributed by atoms with van der Waals surface area (Å²) >= 11 is 7.40. The van der Waals surface area contributed by atoms with Gasteiger partial charge in [0.15, 0.2) is 5.76 Å². The number of fused-ring (bicyclic) bond motifs is 1. The number of aliphatic carboxylic acids is 1. The van der Waals surface area contributed by atoms with Crippen molar-refractivity contribution >= 4 is 46.2 Å². The van der Waals surface area contributed by atoms with Crippen molar-refractivity contribution in [2.45, 2.75) is 12.0 Å². The average molecular weight is 326 g/mol. The molecule has 5 nitrogen and oxygen atoms in total. The lowest BCUT2D eigenvalue weighted by atomic mass is 9.99. The van der Waals surface area contributed by atoms with Gasteiger partial charge in [0.2, 0.25) is 0 Å². The Morgan fingerprint density at radius 3 is 2.86 bits per heavy atom. The van der Waals surface area contributed by atoms with Gasteiger partial charge in [0.1, 0.15) is 11.1 Å². The van der Waals surface area contributed by atoms with Gasteiger partial charge in [-0.1, -0.05) is 11.6 Å². The number of carboxylic acid groups (broad SMARTS) is 1. The van der Waals surface area contributed by atoms with Gasteiger partial charge in [-0.05, 0) is 36.4 Å². The van der Waals surface area contributed by atoms with E-state index >= 15 is 0 Å². The van der Waals surface area contributed by atoms with Crippen molar-refractivity contribution in [2.24, 2.45) is 0 Å². The van der Waals surface area contributed by atoms with Crippen LogP contribution in [0.5, 0.6) is 0 Å². The minimum absolute atomic E-state index is 0.0878. The zero-order valence-electron chi connectivity index (χ0n) is 10.9. The van der Waals surface area contributed by atoms with Gasteiger partial charge >= 0.3 is 5.97 Å². The number of benzene rings is 1. The lowest BCUT2D eigenvalue weighted by Gasteiger charge is -2.23. The highest BCUT2D eigenvalue weighted by Crippen LogP contribution is 2.29. The second-order valence-corrected chi connectivity index (χ2v) is 6.48. The molecule has 2 heterocycles. The normalized spacial score (nSPS) is 21.6. The summed E-state index contributed by atoms with van der Waals surface area (Å²) in [5, 5.41) is 13.2. The molecule has 1 unspecified atom stereocenters. The van der Waals surface area contributed by atoms with Crippen LogP contribution in [0.2, 0.25) is 5.02 Å². The summed E-state index contributed by atoms with van der Waals surface area (Å²) in [5.41, 5.74) is -0.673. The van der Waals surface area contributed by atoms with Gasteiger partial charge in [0.25, 0.3) is 5.91 Å². The molecule has 1 aromatic heterocycles. The molecule has 1 amide bonds. The Morgan fingerprint density at radius 2 is 2.19 bits per heavy atom. The van der Waals surface area contributed by atoms with Crippen LogP contribution >= 0.6 is 23.4 Å². The first-order valence-electron chi connectivity index (χ1n) is 6.33. The summed E-state index contributed by atoms with van der Waals surface area (Å²) in [6.07, 6.45) is 0.408. The molecule has 1 aliphatic heterocycles. The third kappa shape index (κ3) is 2.61. The smallest absolute Gasteiger partial charge is 0.330 e. The zero-order valence-corrected chi connectivity index (χ0v) is 12.5. The van der Waals surface area contributed by atoms with Gasteiger partial charge in [-0.3, -0.25) is 4.79 Å². The highest BCUT2D eigenvalue weighted by molar-refractivity contribution is 7.99. The minimum Gasteiger partial charge on any atom is -0.479 e. The molecule has 1 atom stereocenters. The van der Waals surface area contributed by atoms with Crippen molar-refractivity contribution < 1.29 is 19.1 Å². The number of furan rings is 1. The second kappa shape index (κ2) is 5.27. The van der Waals surface area contributed by atoms with Gasteiger partial charge in [0, 0.05) is 16.2 Å². The maximum Gasteiger partial charge on any atom is 0.330 e. The Morgan fingerprint density at radius 1 is 1.38 bits per heavy atom. The molecule has 0 saturated carbocycles. The molecular formula is C14H12ClNO4S. The van der Waals surface area contributed by atoms with Crippen LogP contribution in [0.25, 0.3) is 11.0 Å². The standard InChI is InChI=1S/C14H12ClNO4S/c15-9-1-2-10-8(5-9)6-11(20-10)12(17)16-14(13(18)19)3-4-21-7-14/h1-2,5-6H,3-4,7H2,(H,16,17)(H,18,19). The molecule has 2 N–H and O–H groups in total. The van der Waals surface area contributed by atoms with Crippen LogP contribution in [0.4, 0.5) is 0 Å². The molecule has 3 rings (SSSR count). The summed E-state index contributed by atoms with van der Waals surface area (Å²) in [5.74, 6) is -0.375. The number of nitrogens with one attached hydrogen (secondary N) is 1. The van der Waals surface area contributed by atoms with E-state index in [9.17, 15) is 14.7 Å². The van der Waals surface area contributed by atoms with E-state index in [1.165, 1.54) is 11.8 Å². The van der Waals surface area contributed by atoms with Crippen molar-refractivity contribution in [2.75, 3.05) is 11.5 Å². The van der Waals surface area contributed by atoms with Crippen LogP contribution in [0.15, 0.2) is 28.7 Å². The van der Waals surface area contributed by atoms with Gasteiger partial charge in [-0.15, -0.1) is 0 Å². The quantitative estimate of drug-likeness (QED) is 0.907. The molecule has 0 aliphatic carbocycles. The topological polar surface area (TPSA) is 79.5 Å². The van der Waals surface area contributed by atoms with E-state index in [1.807, 2.05) is 0 Å². The van der Waals surface area contributed by atoms with E-state index in [-0.39, 0.29) is 5.76 Å². The Hall–Kier alpha value is -1.66. The average Bonchev–Trinajstić information content (AvgIpc) is 3.05. The van der Waals surface area contributed by atoms with E-state index in [1.54, 1.807) is 24.3 Å². The highest BCUT2D eigenvalue weighted by Gasteiger charge is 2.43. The largest absolute Gasteiger partial charge is 0.479 e. The molecule has 21 heavy (non-hydrogen) atoms. The zero-order chi connectivity index (χ0) is 15.0. The van der Waals surface area contributed by atoms with Gasteiger partial charge in [-0.2, -0.15) is 11.8 Å². The predicted molar refractivity (Wildman–Crippen MR) is 81.0 cm³/mol. The number of halogens is 1. The number of rotatable bonds is 3. The Kier molecular flexibility index (Phi) is 3.59. The molecule has 7 heteroatoms. The molecule has 0 spiro atoms. The summed E-state index contributed by atoms with van der Waals surface area (Å²) in [7, 11) is 0. The van der Waals surface area contributed by atoms with Crippen molar-refractivity contribution in [3.63, 3.8) is 0 Å². The van der Waals surface area contributed by atoms with Gasteiger partial charge < -0.3 is 14.8 Å². The van der Waals surface area contributed by atoms with Crippen LogP contribution < -0.4 is 5.32 Å². The first-order valence-corrected chi connectivity index (χ1v) is 7.86. The molecule has 2 aromatic rings. The lowest BCUT2D eigenvalue weighted by molar-refractivity contribution is -0.143. The number of hydrogen-bond donors (Lipinski definition) is 2. The van der Waals surface area contributed by atoms with Crippen molar-refractivity contribution in [1.82, 2.24) is 5.32 Å². The SMILES string of the molecule is O=C(NC1(C(=O)O)CCSC1)c1cc2cc(Cl)ccc2o1. The van der Waals surface area contributed by atoms with E-state index in [2.05, 4.69) is 5.32 Å². The molecule has 0 radical (unpaired) electrons. The Labute approximate surface area is 129 Å². The van der Waals surface area contributed by atoms with Crippen molar-refractivity contribution in [3.05, 3.63) is 35.0 Å². The van der Waals surface area contributed by atoms with Crippen LogP contribution in [-0.2, 0) is 4.79 Å². The molecule has 110 valence electrons. The molecule has 1 aromatic carbocycles. The maximum absolute atomic E-state index is 12.3. The predicted octanol–water partition coefficient (Wildman–Crippen LogP) is 2.78. The maximum atomic E-state index is 12.3. The number of carboxylic acids is 1. The molecule has 1 aliphatic rings. The Bertz CT molecular complexity index is 721. The highest BCUT2D eigenvalue weighted by atomic mass is 35.5. The first-order chi connectivity index (χ1) is 10.00. The number of hydrogen-bond acceptors (Lipinski definition) is 4. The fraction of sp³-hybridized carbons (Fsp3) is 0.286. The van der Waals surface area contributed by atoms with Crippen LogP contribution in [-0.4, -0.2) is 34.0 Å². The molecular weight excluding hydrogens is 314 g/mol. The van der Waals surface area contributed by atoms with Gasteiger partial charge in [-0.25, -0.2) is 4.79 Å². The van der Waals surface area contributed by atoms with Gasteiger partial charge in [0.05, 0.1) is 0 Å². The summed E-state index contributed by atoms with van der Waals surface area (Å²) < 4.78 is 5.45. The fourth-order valence-corrected chi connectivity index (χ4v) is 3.80. The Balaban J connectivity index is 1.88. The third-order valence-corrected chi connectivity index (χ3v) is 4.91. The number of amides is 1. The fourth-order valence-electron chi connectivity index (χ4n) is 2.29. The van der Waals surface area contributed by atoms with Crippen molar-refractivity contribution in [3.8, 4) is 0 Å². The summed E-state index contributed by atoms with van der Waals surface area (Å²) in [6.45, 7) is 0. The lowest BCUT2D eigenvalue weighted by Crippen LogP contribution is -2.54. The monoisotopic (exact) mass is 325 g/mol. The number of thioether (sulfide) groups is 1. The third-order valence-electron chi connectivity index (χ3n) is 3.49. The summed E-state index contributed by atoms with van der Waals surface area (Å²) in [4.78, 5) is 23.7. The van der Waals surface area contributed by atoms with Crippen LogP contribution in [0, 0.1) is 0 Å². The minimum atomic E-state index is -1.21. The van der Waals surface area contributed by atoms with Crippen LogP contribution in [0.1, 0.15) is 17.0 Å². The number of carbonyl (C=O) groups is 2. The molecule has 1 saturated heterocycles. The first kappa shape index (κ1) is 14.3. The van der Waals surface area contributed by atoms with Crippen LogP contribution in [0.3, 0.4) is 0 Å². The van der Waals surface area contributed by atoms with E-state index in [0.29, 0.717) is 33.9 Å². The van der Waals surface area contributed by atoms with E-state index < -0.39 is 17.4 Å². The van der Waals surface area contributed by atoms with E-state index in [0.717, 1.165) is 0 Å². The van der Waals surface area contributed by atoms with E-state index in [4.69, 9.17) is 16.0 Å². The second-order valence-electron chi connectivity index (χ2n) is 4.94. The molecule has 1 fully saturated rings. The summed E-state index contributed by atoms with van der Waals surface area (Å²) in [6, 6.07) is 6.60. The van der Waals surface area contributed by atoms with Crippen molar-refractivity contribution in [1.29, 1.82) is 0 Å². The number of carbonyl (C=O) groups excluding carboxylic acids is 1. The molecule has 0 bridgehead atoms.